The summed E-state index contributed by atoms with van der Waals surface area (Å²) in [6, 6.07) is 23.3. The molecule has 1 heterocycles. The number of aliphatic hydroxyl groups is 3. The third-order valence-corrected chi connectivity index (χ3v) is 14.0. The Morgan fingerprint density at radius 3 is 1.95 bits per heavy atom. The first-order valence-corrected chi connectivity index (χ1v) is 21.0. The molecule has 0 spiro atoms. The van der Waals surface area contributed by atoms with E-state index >= 15 is 0 Å². The molecule has 63 heavy (non-hydrogen) atoms. The van der Waals surface area contributed by atoms with E-state index in [9.17, 15) is 39.3 Å². The summed E-state index contributed by atoms with van der Waals surface area (Å²) >= 11 is 0. The number of benzene rings is 3. The molecule has 4 aliphatic rings. The molecule has 7 rings (SSSR count). The second-order valence-electron chi connectivity index (χ2n) is 17.8. The van der Waals surface area contributed by atoms with Crippen LogP contribution in [0.1, 0.15) is 86.7 Å². The summed E-state index contributed by atoms with van der Waals surface area (Å²) in [5, 5.41) is 41.4. The van der Waals surface area contributed by atoms with Gasteiger partial charge in [0.25, 0.3) is 5.91 Å². The molecule has 12 atom stereocenters. The van der Waals surface area contributed by atoms with E-state index in [1.807, 2.05) is 0 Å². The predicted octanol–water partition coefficient (Wildman–Crippen LogP) is 4.18. The van der Waals surface area contributed by atoms with Crippen LogP contribution in [0, 0.1) is 16.7 Å². The molecule has 336 valence electrons. The first kappa shape index (κ1) is 45.6. The lowest BCUT2D eigenvalue weighted by atomic mass is 9.44. The van der Waals surface area contributed by atoms with Crippen molar-refractivity contribution in [3.63, 3.8) is 0 Å². The molecule has 1 saturated heterocycles. The van der Waals surface area contributed by atoms with Gasteiger partial charge in [0.15, 0.2) is 17.8 Å². The normalized spacial score (nSPS) is 32.7. The van der Waals surface area contributed by atoms with Crippen molar-refractivity contribution in [2.75, 3.05) is 13.7 Å². The Bertz CT molecular complexity index is 2250. The first-order chi connectivity index (χ1) is 29.8. The van der Waals surface area contributed by atoms with Gasteiger partial charge in [-0.2, -0.15) is 0 Å². The van der Waals surface area contributed by atoms with Gasteiger partial charge >= 0.3 is 23.9 Å². The predicted molar refractivity (Wildman–Crippen MR) is 223 cm³/mol. The first-order valence-electron chi connectivity index (χ1n) is 21.0. The third kappa shape index (κ3) is 7.73. The fourth-order valence-electron chi connectivity index (χ4n) is 10.8. The van der Waals surface area contributed by atoms with Crippen LogP contribution >= 0.6 is 0 Å². The maximum absolute atomic E-state index is 14.4. The lowest BCUT2D eigenvalue weighted by Gasteiger charge is -2.69. The van der Waals surface area contributed by atoms with Crippen LogP contribution in [0.2, 0.25) is 0 Å². The average Bonchev–Trinajstić information content (AvgIpc) is 3.25. The van der Waals surface area contributed by atoms with Crippen LogP contribution in [-0.2, 0) is 42.8 Å². The summed E-state index contributed by atoms with van der Waals surface area (Å²) in [5.41, 5.74) is -5.89. The standard InChI is InChI=1S/C48H55NO14/c1-26-32(61-44(56)37(52)36(29-17-11-8-12-18-29)49-42(54)30-19-13-9-14-20-30)24-48(57)41(62-43(55)31-21-15-10-16-22-31)39-46(6,40(53)38(60-27(2)50)35(26)45(48,4)5)33(58-7)23-34-47(39,25-59-34)63-28(3)51/h8-22,32-34,36-41,52-53,57H,23-25H2,1-7H3,(H,49,54)/t32-,33-,34+,36-,37+,38+,39-,40-,41-,46+,47-,48+/m0/s1. The van der Waals surface area contributed by atoms with E-state index in [0.29, 0.717) is 5.56 Å². The zero-order valence-electron chi connectivity index (χ0n) is 36.3. The van der Waals surface area contributed by atoms with Gasteiger partial charge in [0.1, 0.15) is 30.0 Å². The van der Waals surface area contributed by atoms with Gasteiger partial charge in [-0.05, 0) is 47.9 Å². The molecule has 2 bridgehead atoms. The zero-order valence-corrected chi connectivity index (χ0v) is 36.3. The Kier molecular flexibility index (Phi) is 12.5. The van der Waals surface area contributed by atoms with Crippen molar-refractivity contribution in [2.45, 2.75) is 114 Å². The van der Waals surface area contributed by atoms with Crippen LogP contribution in [0.15, 0.2) is 102 Å². The van der Waals surface area contributed by atoms with Gasteiger partial charge in [-0.15, -0.1) is 0 Å². The number of carbonyl (C=O) groups is 5. The zero-order chi connectivity index (χ0) is 45.6. The Labute approximate surface area is 365 Å². The maximum atomic E-state index is 14.4. The minimum Gasteiger partial charge on any atom is -0.456 e. The molecule has 0 unspecified atom stereocenters. The molecular formula is C48H55NO14. The highest BCUT2D eigenvalue weighted by atomic mass is 16.6. The van der Waals surface area contributed by atoms with E-state index in [-0.39, 0.29) is 35.3 Å². The number of hydrogen-bond acceptors (Lipinski definition) is 14. The van der Waals surface area contributed by atoms with Crippen molar-refractivity contribution in [1.29, 1.82) is 0 Å². The van der Waals surface area contributed by atoms with Crippen molar-refractivity contribution < 1.29 is 67.7 Å². The molecule has 3 fully saturated rings. The number of nitrogens with one attached hydrogen (secondary N) is 1. The van der Waals surface area contributed by atoms with E-state index < -0.39 is 113 Å². The molecule has 2 saturated carbocycles. The van der Waals surface area contributed by atoms with Crippen molar-refractivity contribution in [1.82, 2.24) is 5.32 Å². The minimum atomic E-state index is -2.30. The molecule has 0 aromatic heterocycles. The quantitative estimate of drug-likeness (QED) is 0.121. The van der Waals surface area contributed by atoms with Crippen LogP contribution in [-0.4, -0.2) is 113 Å². The van der Waals surface area contributed by atoms with Gasteiger partial charge in [0.05, 0.1) is 30.2 Å². The highest BCUT2D eigenvalue weighted by Gasteiger charge is 2.78. The Hall–Kier alpha value is -5.45. The van der Waals surface area contributed by atoms with E-state index in [1.165, 1.54) is 33.1 Å². The van der Waals surface area contributed by atoms with Gasteiger partial charge in [-0.3, -0.25) is 14.4 Å². The number of esters is 4. The molecule has 0 radical (unpaired) electrons. The summed E-state index contributed by atoms with van der Waals surface area (Å²) in [6.45, 7) is 8.71. The molecule has 1 amide bonds. The Balaban J connectivity index is 1.40. The third-order valence-electron chi connectivity index (χ3n) is 14.0. The smallest absolute Gasteiger partial charge is 0.338 e. The molecule has 15 nitrogen and oxygen atoms in total. The highest BCUT2D eigenvalue weighted by molar-refractivity contribution is 5.95. The molecular weight excluding hydrogens is 815 g/mol. The molecule has 15 heteroatoms. The maximum Gasteiger partial charge on any atom is 0.338 e. The number of ether oxygens (including phenoxy) is 6. The Morgan fingerprint density at radius 1 is 0.825 bits per heavy atom. The van der Waals surface area contributed by atoms with E-state index in [0.717, 1.165) is 0 Å². The molecule has 3 aromatic rings. The van der Waals surface area contributed by atoms with Crippen LogP contribution in [0.5, 0.6) is 0 Å². The van der Waals surface area contributed by atoms with Gasteiger partial charge in [0, 0.05) is 50.2 Å². The van der Waals surface area contributed by atoms with Crippen molar-refractivity contribution in [3.05, 3.63) is 119 Å². The minimum absolute atomic E-state index is 0.0986. The van der Waals surface area contributed by atoms with Crippen LogP contribution in [0.25, 0.3) is 0 Å². The van der Waals surface area contributed by atoms with Crippen molar-refractivity contribution in [3.8, 4) is 0 Å². The van der Waals surface area contributed by atoms with Crippen molar-refractivity contribution in [2.24, 2.45) is 16.7 Å². The second kappa shape index (κ2) is 17.3. The molecule has 3 aromatic carbocycles. The average molecular weight is 870 g/mol. The van der Waals surface area contributed by atoms with Crippen LogP contribution in [0.3, 0.4) is 0 Å². The van der Waals surface area contributed by atoms with Crippen LogP contribution < -0.4 is 5.32 Å². The molecule has 1 aliphatic heterocycles. The fraction of sp³-hybridized carbons (Fsp3) is 0.479. The van der Waals surface area contributed by atoms with E-state index in [1.54, 1.807) is 107 Å². The summed E-state index contributed by atoms with van der Waals surface area (Å²) in [7, 11) is 1.43. The van der Waals surface area contributed by atoms with Crippen molar-refractivity contribution >= 4 is 29.8 Å². The van der Waals surface area contributed by atoms with Gasteiger partial charge in [0.2, 0.25) is 0 Å². The monoisotopic (exact) mass is 869 g/mol. The van der Waals surface area contributed by atoms with Gasteiger partial charge in [-0.1, -0.05) is 87.5 Å². The lowest BCUT2D eigenvalue weighted by Crippen LogP contribution is -2.82. The number of methoxy groups -OCH3 is 1. The number of fused-ring (bicyclic) bond motifs is 5. The number of rotatable bonds is 11. The summed E-state index contributed by atoms with van der Waals surface area (Å²) in [5.74, 6) is -5.43. The number of carbonyl (C=O) groups excluding carboxylic acids is 5. The largest absolute Gasteiger partial charge is 0.456 e. The summed E-state index contributed by atoms with van der Waals surface area (Å²) < 4.78 is 37.1. The van der Waals surface area contributed by atoms with E-state index in [2.05, 4.69) is 5.32 Å². The highest BCUT2D eigenvalue weighted by Crippen LogP contribution is 2.65. The van der Waals surface area contributed by atoms with Gasteiger partial charge < -0.3 is 49.1 Å². The molecule has 3 aliphatic carbocycles. The second-order valence-corrected chi connectivity index (χ2v) is 17.8. The summed E-state index contributed by atoms with van der Waals surface area (Å²) in [6.07, 6.45) is -10.5. The number of amides is 1. The Morgan fingerprint density at radius 2 is 1.41 bits per heavy atom. The topological polar surface area (TPSA) is 213 Å². The fourth-order valence-corrected chi connectivity index (χ4v) is 10.8. The summed E-state index contributed by atoms with van der Waals surface area (Å²) in [4.78, 5) is 68.5. The van der Waals surface area contributed by atoms with E-state index in [4.69, 9.17) is 28.4 Å². The SMILES string of the molecule is CO[C@H]1C[C@H]2OC[C@@]2(OC(C)=O)[C@H]2[C@H](OC(=O)c3ccccc3)[C@]3(O)C[C@H](OC(=O)[C@H](O)[C@@H](NC(=O)c4ccccc4)c4ccccc4)C(C)=C([C@@H](OC(C)=O)[C@H](O)[C@]12C)C3(C)C. The number of aliphatic hydroxyl groups excluding tert-OH is 2. The van der Waals surface area contributed by atoms with Gasteiger partial charge in [-0.25, -0.2) is 9.59 Å². The molecule has 4 N–H and O–H groups in total. The van der Waals surface area contributed by atoms with Crippen LogP contribution in [0.4, 0.5) is 0 Å². The lowest BCUT2D eigenvalue weighted by molar-refractivity contribution is -0.366. The number of hydrogen-bond donors (Lipinski definition) is 4.